The number of hydrogen-bond donors (Lipinski definition) is 0. The van der Waals surface area contributed by atoms with Gasteiger partial charge < -0.3 is 0 Å². The van der Waals surface area contributed by atoms with Gasteiger partial charge >= 0.3 is 0 Å². The summed E-state index contributed by atoms with van der Waals surface area (Å²) >= 11 is 0. The molecule has 0 aliphatic carbocycles. The van der Waals surface area contributed by atoms with Crippen molar-refractivity contribution in [1.29, 1.82) is 0 Å². The average molecular weight is 300 g/mol. The molecule has 0 radical (unpaired) electrons. The lowest BCUT2D eigenvalue weighted by molar-refractivity contribution is 0.588. The summed E-state index contributed by atoms with van der Waals surface area (Å²) in [5, 5.41) is 0.900. The van der Waals surface area contributed by atoms with Gasteiger partial charge in [-0.1, -0.05) is 25.1 Å². The Kier molecular flexibility index (Phi) is 3.29. The minimum atomic E-state index is -3.61. The average Bonchev–Trinajstić information content (AvgIpc) is 2.86. The summed E-state index contributed by atoms with van der Waals surface area (Å²) in [5.74, 6) is 0. The quantitative estimate of drug-likeness (QED) is 0.746. The lowest BCUT2D eigenvalue weighted by atomic mass is 10.1. The van der Waals surface area contributed by atoms with Gasteiger partial charge in [0.05, 0.1) is 4.90 Å². The molecule has 0 unspecified atom stereocenters. The van der Waals surface area contributed by atoms with Gasteiger partial charge in [-0.15, -0.1) is 0 Å². The van der Waals surface area contributed by atoms with Gasteiger partial charge in [0.15, 0.2) is 5.65 Å². The number of aryl methyl sites for hydroxylation is 2. The van der Waals surface area contributed by atoms with Crippen LogP contribution >= 0.6 is 0 Å². The first-order valence-corrected chi connectivity index (χ1v) is 8.25. The van der Waals surface area contributed by atoms with Gasteiger partial charge in [0.25, 0.3) is 10.0 Å². The minimum absolute atomic E-state index is 0.270. The summed E-state index contributed by atoms with van der Waals surface area (Å²) in [4.78, 5) is 4.60. The molecule has 4 nitrogen and oxygen atoms in total. The monoisotopic (exact) mass is 300 g/mol. The third-order valence-corrected chi connectivity index (χ3v) is 5.18. The number of benzene rings is 1. The Morgan fingerprint density at radius 3 is 2.57 bits per heavy atom. The van der Waals surface area contributed by atoms with Crippen molar-refractivity contribution in [2.45, 2.75) is 25.2 Å². The van der Waals surface area contributed by atoms with Crippen LogP contribution in [0.1, 0.15) is 18.1 Å². The van der Waals surface area contributed by atoms with E-state index in [1.165, 1.54) is 3.97 Å². The molecule has 0 atom stereocenters. The molecule has 0 aliphatic heterocycles. The van der Waals surface area contributed by atoms with Gasteiger partial charge in [-0.2, -0.15) is 0 Å². The largest absolute Gasteiger partial charge is 0.269 e. The van der Waals surface area contributed by atoms with Crippen molar-refractivity contribution in [1.82, 2.24) is 8.96 Å². The molecule has 0 fully saturated rings. The molecule has 108 valence electrons. The fourth-order valence-electron chi connectivity index (χ4n) is 2.42. The van der Waals surface area contributed by atoms with E-state index in [9.17, 15) is 8.42 Å². The first kappa shape index (κ1) is 13.8. The van der Waals surface area contributed by atoms with E-state index in [2.05, 4.69) is 4.98 Å². The fourth-order valence-corrected chi connectivity index (χ4v) is 3.78. The first-order valence-electron chi connectivity index (χ1n) is 6.81. The van der Waals surface area contributed by atoms with E-state index in [1.54, 1.807) is 42.7 Å². The van der Waals surface area contributed by atoms with Gasteiger partial charge in [-0.25, -0.2) is 17.4 Å². The van der Waals surface area contributed by atoms with E-state index < -0.39 is 10.0 Å². The van der Waals surface area contributed by atoms with Crippen molar-refractivity contribution >= 4 is 21.1 Å². The van der Waals surface area contributed by atoms with E-state index in [0.29, 0.717) is 5.65 Å². The lowest BCUT2D eigenvalue weighted by Gasteiger charge is -2.06. The van der Waals surface area contributed by atoms with E-state index >= 15 is 0 Å². The Bertz CT molecular complexity index is 897. The molecule has 2 heterocycles. The van der Waals surface area contributed by atoms with Crippen molar-refractivity contribution in [3.05, 3.63) is 59.9 Å². The topological polar surface area (TPSA) is 52.0 Å². The highest BCUT2D eigenvalue weighted by Crippen LogP contribution is 2.25. The standard InChI is InChI=1S/C16H16N2O2S/c1-3-13-11-18(16-15(13)9-12(2)10-17-16)21(19,20)14-7-5-4-6-8-14/h4-11H,3H2,1-2H3. The number of hydrogen-bond acceptors (Lipinski definition) is 3. The summed E-state index contributed by atoms with van der Waals surface area (Å²) in [6.07, 6.45) is 4.14. The Balaban J connectivity index is 2.31. The highest BCUT2D eigenvalue weighted by Gasteiger charge is 2.21. The zero-order valence-electron chi connectivity index (χ0n) is 11.9. The van der Waals surface area contributed by atoms with Gasteiger partial charge in [-0.05, 0) is 42.7 Å². The maximum atomic E-state index is 12.8. The van der Waals surface area contributed by atoms with E-state index in [-0.39, 0.29) is 4.90 Å². The Morgan fingerprint density at radius 2 is 1.90 bits per heavy atom. The molecule has 0 bridgehead atoms. The molecule has 0 saturated heterocycles. The van der Waals surface area contributed by atoms with Gasteiger partial charge in [-0.3, -0.25) is 0 Å². The molecule has 3 rings (SSSR count). The number of rotatable bonds is 3. The highest BCUT2D eigenvalue weighted by molar-refractivity contribution is 7.90. The van der Waals surface area contributed by atoms with Crippen LogP contribution in [0, 0.1) is 6.92 Å². The minimum Gasteiger partial charge on any atom is -0.237 e. The first-order chi connectivity index (χ1) is 10.0. The summed E-state index contributed by atoms with van der Waals surface area (Å²) in [6, 6.07) is 10.4. The highest BCUT2D eigenvalue weighted by atomic mass is 32.2. The smallest absolute Gasteiger partial charge is 0.237 e. The van der Waals surface area contributed by atoms with Crippen LogP contribution < -0.4 is 0 Å². The summed E-state index contributed by atoms with van der Waals surface area (Å²) in [7, 11) is -3.61. The molecule has 0 N–H and O–H groups in total. The number of fused-ring (bicyclic) bond motifs is 1. The van der Waals surface area contributed by atoms with Crippen molar-refractivity contribution < 1.29 is 8.42 Å². The Labute approximate surface area is 124 Å². The van der Waals surface area contributed by atoms with Crippen LogP contribution in [0.5, 0.6) is 0 Å². The molecule has 0 amide bonds. The van der Waals surface area contributed by atoms with Crippen LogP contribution in [-0.4, -0.2) is 17.4 Å². The molecule has 2 aromatic heterocycles. The number of pyridine rings is 1. The molecule has 0 spiro atoms. The Morgan fingerprint density at radius 1 is 1.19 bits per heavy atom. The third kappa shape index (κ3) is 2.23. The zero-order valence-corrected chi connectivity index (χ0v) is 12.8. The molecule has 3 aromatic rings. The van der Waals surface area contributed by atoms with Crippen LogP contribution in [0.25, 0.3) is 11.0 Å². The second-order valence-electron chi connectivity index (χ2n) is 5.01. The number of aromatic nitrogens is 2. The van der Waals surface area contributed by atoms with Crippen LogP contribution in [0.4, 0.5) is 0 Å². The normalized spacial score (nSPS) is 11.9. The van der Waals surface area contributed by atoms with Crippen molar-refractivity contribution in [2.75, 3.05) is 0 Å². The molecule has 1 aromatic carbocycles. The fraction of sp³-hybridized carbons (Fsp3) is 0.188. The van der Waals surface area contributed by atoms with Crippen LogP contribution in [0.3, 0.4) is 0 Å². The lowest BCUT2D eigenvalue weighted by Crippen LogP contribution is -2.12. The van der Waals surface area contributed by atoms with Crippen LogP contribution in [0.2, 0.25) is 0 Å². The van der Waals surface area contributed by atoms with E-state index in [1.807, 2.05) is 19.9 Å². The molecule has 0 saturated carbocycles. The second kappa shape index (κ2) is 5.00. The summed E-state index contributed by atoms with van der Waals surface area (Å²) in [5.41, 5.74) is 2.49. The maximum Gasteiger partial charge on any atom is 0.269 e. The van der Waals surface area contributed by atoms with E-state index in [4.69, 9.17) is 0 Å². The summed E-state index contributed by atoms with van der Waals surface area (Å²) < 4.78 is 26.9. The second-order valence-corrected chi connectivity index (χ2v) is 6.82. The van der Waals surface area contributed by atoms with Crippen LogP contribution in [-0.2, 0) is 16.4 Å². The predicted molar refractivity (Wildman–Crippen MR) is 82.9 cm³/mol. The molecule has 0 aliphatic rings. The molecule has 21 heavy (non-hydrogen) atoms. The molecular formula is C16H16N2O2S. The summed E-state index contributed by atoms with van der Waals surface area (Å²) in [6.45, 7) is 3.96. The van der Waals surface area contributed by atoms with Crippen molar-refractivity contribution in [3.8, 4) is 0 Å². The predicted octanol–water partition coefficient (Wildman–Crippen LogP) is 3.14. The SMILES string of the molecule is CCc1cn(S(=O)(=O)c2ccccc2)c2ncc(C)cc12. The number of nitrogens with zero attached hydrogens (tertiary/aromatic N) is 2. The van der Waals surface area contributed by atoms with Gasteiger partial charge in [0.2, 0.25) is 0 Å². The van der Waals surface area contributed by atoms with Crippen molar-refractivity contribution in [2.24, 2.45) is 0 Å². The Hall–Kier alpha value is -2.14. The zero-order chi connectivity index (χ0) is 15.0. The van der Waals surface area contributed by atoms with Gasteiger partial charge in [0.1, 0.15) is 0 Å². The maximum absolute atomic E-state index is 12.8. The molecular weight excluding hydrogens is 284 g/mol. The molecule has 5 heteroatoms. The third-order valence-electron chi connectivity index (χ3n) is 3.51. The van der Waals surface area contributed by atoms with Crippen molar-refractivity contribution in [3.63, 3.8) is 0 Å². The van der Waals surface area contributed by atoms with Gasteiger partial charge in [0, 0.05) is 17.8 Å². The van der Waals surface area contributed by atoms with Crippen LogP contribution in [0.15, 0.2) is 53.7 Å². The van der Waals surface area contributed by atoms with E-state index in [0.717, 1.165) is 22.9 Å².